The summed E-state index contributed by atoms with van der Waals surface area (Å²) in [6.07, 6.45) is 0. The number of allylic oxidation sites excluding steroid dienone is 2. The summed E-state index contributed by atoms with van der Waals surface area (Å²) in [6.45, 7) is 1.48. The Labute approximate surface area is 126 Å². The summed E-state index contributed by atoms with van der Waals surface area (Å²) in [5.74, 6) is -0.0401. The average molecular weight is 306 g/mol. The molecule has 0 saturated carbocycles. The Morgan fingerprint density at radius 1 is 0.818 bits per heavy atom. The van der Waals surface area contributed by atoms with Gasteiger partial charge in [-0.1, -0.05) is 0 Å². The molecule has 22 heavy (non-hydrogen) atoms. The van der Waals surface area contributed by atoms with E-state index in [0.29, 0.717) is 0 Å². The number of carbonyl (C=O) groups is 2. The molecular weight excluding hydrogens is 292 g/mol. The molecule has 1 aliphatic carbocycles. The average Bonchev–Trinajstić information content (AvgIpc) is 3.00. The predicted molar refractivity (Wildman–Crippen MR) is 74.0 cm³/mol. The van der Waals surface area contributed by atoms with Gasteiger partial charge in [-0.2, -0.15) is 0 Å². The largest absolute Gasteiger partial charge is 0.492 e. The van der Waals surface area contributed by atoms with Crippen LogP contribution in [0.3, 0.4) is 0 Å². The lowest BCUT2D eigenvalue weighted by molar-refractivity contribution is 0.0900. The second-order valence-corrected chi connectivity index (χ2v) is 4.70. The van der Waals surface area contributed by atoms with E-state index >= 15 is 0 Å². The zero-order chi connectivity index (χ0) is 16.0. The summed E-state index contributed by atoms with van der Waals surface area (Å²) in [7, 11) is 4.12. The Hall–Kier alpha value is -2.70. The Kier molecular flexibility index (Phi) is 3.20. The molecule has 0 amide bonds. The van der Waals surface area contributed by atoms with Crippen LogP contribution in [0.25, 0.3) is 0 Å². The SMILES string of the molecule is COC1=C(C)C(=O)c2c(OC)c3c(c(OC)c2C1=O)OCO3. The lowest BCUT2D eigenvalue weighted by atomic mass is 9.86. The summed E-state index contributed by atoms with van der Waals surface area (Å²) in [5.41, 5.74) is 0.377. The van der Waals surface area contributed by atoms with Crippen molar-refractivity contribution in [2.75, 3.05) is 28.1 Å². The second kappa shape index (κ2) is 4.94. The standard InChI is InChI=1S/C15H14O7/c1-6-9(16)7-8(10(17)11(6)18-2)13(20-4)15-14(12(7)19-3)21-5-22-15/h5H2,1-4H3. The van der Waals surface area contributed by atoms with Crippen molar-refractivity contribution in [3.05, 3.63) is 22.5 Å². The van der Waals surface area contributed by atoms with E-state index in [-0.39, 0.29) is 58.0 Å². The van der Waals surface area contributed by atoms with Crippen molar-refractivity contribution in [2.24, 2.45) is 0 Å². The molecule has 1 aromatic carbocycles. The number of methoxy groups -OCH3 is 3. The van der Waals surface area contributed by atoms with Crippen LogP contribution < -0.4 is 18.9 Å². The Bertz CT molecular complexity index is 730. The van der Waals surface area contributed by atoms with E-state index in [4.69, 9.17) is 23.7 Å². The van der Waals surface area contributed by atoms with Crippen molar-refractivity contribution in [3.63, 3.8) is 0 Å². The van der Waals surface area contributed by atoms with Gasteiger partial charge in [-0.25, -0.2) is 0 Å². The minimum absolute atomic E-state index is 0.0169. The molecule has 0 unspecified atom stereocenters. The van der Waals surface area contributed by atoms with Crippen LogP contribution in [-0.2, 0) is 4.74 Å². The third-order valence-electron chi connectivity index (χ3n) is 3.68. The van der Waals surface area contributed by atoms with E-state index in [2.05, 4.69) is 0 Å². The van der Waals surface area contributed by atoms with E-state index in [0.717, 1.165) is 0 Å². The van der Waals surface area contributed by atoms with Crippen molar-refractivity contribution in [2.45, 2.75) is 6.92 Å². The van der Waals surface area contributed by atoms with Crippen molar-refractivity contribution in [1.82, 2.24) is 0 Å². The predicted octanol–water partition coefficient (Wildman–Crippen LogP) is 1.73. The van der Waals surface area contributed by atoms with Crippen LogP contribution in [0, 0.1) is 0 Å². The van der Waals surface area contributed by atoms with Crippen LogP contribution in [0.5, 0.6) is 23.0 Å². The summed E-state index contributed by atoms with van der Waals surface area (Å²) in [4.78, 5) is 25.3. The topological polar surface area (TPSA) is 80.3 Å². The fourth-order valence-electron chi connectivity index (χ4n) is 2.71. The summed E-state index contributed by atoms with van der Waals surface area (Å²) in [6, 6.07) is 0. The maximum atomic E-state index is 12.7. The van der Waals surface area contributed by atoms with Gasteiger partial charge in [0.25, 0.3) is 0 Å². The molecule has 2 aliphatic rings. The number of rotatable bonds is 3. The lowest BCUT2D eigenvalue weighted by Crippen LogP contribution is -2.23. The van der Waals surface area contributed by atoms with E-state index in [1.807, 2.05) is 0 Å². The second-order valence-electron chi connectivity index (χ2n) is 4.70. The molecule has 0 radical (unpaired) electrons. The van der Waals surface area contributed by atoms with Crippen molar-refractivity contribution >= 4 is 11.6 Å². The van der Waals surface area contributed by atoms with Crippen molar-refractivity contribution < 1.29 is 33.3 Å². The number of hydrogen-bond acceptors (Lipinski definition) is 7. The fourth-order valence-corrected chi connectivity index (χ4v) is 2.71. The quantitative estimate of drug-likeness (QED) is 0.841. The maximum absolute atomic E-state index is 12.7. The zero-order valence-electron chi connectivity index (χ0n) is 12.6. The molecule has 116 valence electrons. The molecule has 0 fully saturated rings. The highest BCUT2D eigenvalue weighted by atomic mass is 16.7. The van der Waals surface area contributed by atoms with Gasteiger partial charge in [-0.15, -0.1) is 0 Å². The molecule has 0 aromatic heterocycles. The van der Waals surface area contributed by atoms with Crippen LogP contribution in [0.15, 0.2) is 11.3 Å². The molecule has 0 bridgehead atoms. The number of benzene rings is 1. The highest BCUT2D eigenvalue weighted by Crippen LogP contribution is 2.54. The third-order valence-corrected chi connectivity index (χ3v) is 3.68. The molecule has 3 rings (SSSR count). The maximum Gasteiger partial charge on any atom is 0.232 e. The monoisotopic (exact) mass is 306 g/mol. The van der Waals surface area contributed by atoms with Crippen LogP contribution in [0.2, 0.25) is 0 Å². The molecule has 7 nitrogen and oxygen atoms in total. The van der Waals surface area contributed by atoms with E-state index in [9.17, 15) is 9.59 Å². The number of fused-ring (bicyclic) bond motifs is 2. The van der Waals surface area contributed by atoms with E-state index in [1.165, 1.54) is 28.3 Å². The first-order valence-electron chi connectivity index (χ1n) is 6.48. The van der Waals surface area contributed by atoms with Gasteiger partial charge in [0.05, 0.1) is 32.5 Å². The smallest absolute Gasteiger partial charge is 0.232 e. The Morgan fingerprint density at radius 2 is 1.32 bits per heavy atom. The normalized spacial score (nSPS) is 15.8. The molecule has 1 aliphatic heterocycles. The molecule has 0 spiro atoms. The van der Waals surface area contributed by atoms with Gasteiger partial charge < -0.3 is 23.7 Å². The minimum Gasteiger partial charge on any atom is -0.492 e. The van der Waals surface area contributed by atoms with Gasteiger partial charge in [0.1, 0.15) is 0 Å². The van der Waals surface area contributed by atoms with Crippen LogP contribution in [0.1, 0.15) is 27.6 Å². The van der Waals surface area contributed by atoms with E-state index in [1.54, 1.807) is 0 Å². The highest BCUT2D eigenvalue weighted by molar-refractivity contribution is 6.28. The highest BCUT2D eigenvalue weighted by Gasteiger charge is 2.42. The first-order valence-corrected chi connectivity index (χ1v) is 6.48. The Morgan fingerprint density at radius 3 is 1.77 bits per heavy atom. The fraction of sp³-hybridized carbons (Fsp3) is 0.333. The first-order chi connectivity index (χ1) is 10.6. The Balaban J connectivity index is 2.42. The summed E-state index contributed by atoms with van der Waals surface area (Å²) in [5, 5.41) is 0. The number of ketones is 2. The van der Waals surface area contributed by atoms with Gasteiger partial charge in [0.2, 0.25) is 24.1 Å². The van der Waals surface area contributed by atoms with Crippen LogP contribution in [0.4, 0.5) is 0 Å². The molecule has 0 atom stereocenters. The van der Waals surface area contributed by atoms with Gasteiger partial charge in [0.15, 0.2) is 23.0 Å². The van der Waals surface area contributed by atoms with Gasteiger partial charge in [0, 0.05) is 5.57 Å². The van der Waals surface area contributed by atoms with Crippen molar-refractivity contribution in [1.29, 1.82) is 0 Å². The third kappa shape index (κ3) is 1.62. The summed E-state index contributed by atoms with van der Waals surface area (Å²) < 4.78 is 26.4. The molecule has 1 aromatic rings. The minimum atomic E-state index is -0.456. The van der Waals surface area contributed by atoms with Crippen LogP contribution >= 0.6 is 0 Å². The molecule has 7 heteroatoms. The number of ether oxygens (including phenoxy) is 5. The first kappa shape index (κ1) is 14.2. The molecule has 0 N–H and O–H groups in total. The van der Waals surface area contributed by atoms with E-state index < -0.39 is 5.78 Å². The summed E-state index contributed by atoms with van der Waals surface area (Å²) >= 11 is 0. The molecule has 0 saturated heterocycles. The van der Waals surface area contributed by atoms with Crippen LogP contribution in [-0.4, -0.2) is 39.7 Å². The van der Waals surface area contributed by atoms with Crippen molar-refractivity contribution in [3.8, 4) is 23.0 Å². The lowest BCUT2D eigenvalue weighted by Gasteiger charge is -2.23. The van der Waals surface area contributed by atoms with Gasteiger partial charge in [-0.3, -0.25) is 9.59 Å². The zero-order valence-corrected chi connectivity index (χ0v) is 12.6. The molecule has 1 heterocycles. The van der Waals surface area contributed by atoms with Gasteiger partial charge >= 0.3 is 0 Å². The molecular formula is C15H14O7. The number of hydrogen-bond donors (Lipinski definition) is 0. The number of Topliss-reactive ketones (excluding diaryl/α,β-unsaturated/α-hetero) is 2. The van der Waals surface area contributed by atoms with Gasteiger partial charge in [-0.05, 0) is 6.92 Å². The number of carbonyl (C=O) groups excluding carboxylic acids is 2.